The van der Waals surface area contributed by atoms with E-state index < -0.39 is 0 Å². The predicted molar refractivity (Wildman–Crippen MR) is 103 cm³/mol. The summed E-state index contributed by atoms with van der Waals surface area (Å²) < 4.78 is 11.1. The van der Waals surface area contributed by atoms with Crippen molar-refractivity contribution in [3.63, 3.8) is 0 Å². The molecule has 0 amide bonds. The summed E-state index contributed by atoms with van der Waals surface area (Å²) >= 11 is 6.46. The molecule has 142 valence electrons. The molecule has 3 unspecified atom stereocenters. The van der Waals surface area contributed by atoms with E-state index in [1.54, 1.807) is 0 Å². The highest BCUT2D eigenvalue weighted by Gasteiger charge is 2.45. The largest absolute Gasteiger partial charge is 0.465 e. The molecular weight excluding hydrogens is 356 g/mol. The Hall–Kier alpha value is -0.360. The highest BCUT2D eigenvalue weighted by Crippen LogP contribution is 2.52. The molecule has 0 aromatic rings. The Balaban J connectivity index is 1.36. The van der Waals surface area contributed by atoms with Crippen LogP contribution in [0.1, 0.15) is 58.8 Å². The number of thioether (sulfide) groups is 1. The quantitative estimate of drug-likeness (QED) is 0.427. The lowest BCUT2D eigenvalue weighted by atomic mass is 9.88. The first-order valence-corrected chi connectivity index (χ1v) is 11.0. The molecule has 0 aromatic carbocycles. The summed E-state index contributed by atoms with van der Waals surface area (Å²) in [6, 6.07) is 0. The Bertz CT molecular complexity index is 500. The number of fused-ring (bicyclic) bond motifs is 1. The second kappa shape index (κ2) is 8.12. The van der Waals surface area contributed by atoms with Gasteiger partial charge in [0, 0.05) is 21.2 Å². The van der Waals surface area contributed by atoms with Crippen molar-refractivity contribution in [3.8, 4) is 0 Å². The number of esters is 2. The molecule has 1 heterocycles. The van der Waals surface area contributed by atoms with Gasteiger partial charge >= 0.3 is 11.9 Å². The van der Waals surface area contributed by atoms with E-state index in [9.17, 15) is 9.59 Å². The first-order chi connectivity index (χ1) is 11.8. The summed E-state index contributed by atoms with van der Waals surface area (Å²) in [6.45, 7) is 4.56. The number of ether oxygens (including phenoxy) is 2. The van der Waals surface area contributed by atoms with Crippen LogP contribution in [-0.2, 0) is 19.1 Å². The van der Waals surface area contributed by atoms with Crippen LogP contribution in [0.3, 0.4) is 0 Å². The van der Waals surface area contributed by atoms with Gasteiger partial charge in [0.15, 0.2) is 0 Å². The summed E-state index contributed by atoms with van der Waals surface area (Å²) in [7, 11) is 0. The molecule has 1 saturated heterocycles. The van der Waals surface area contributed by atoms with Gasteiger partial charge in [0.05, 0.1) is 25.0 Å². The summed E-state index contributed by atoms with van der Waals surface area (Å²) in [5.41, 5.74) is -0.350. The van der Waals surface area contributed by atoms with Crippen LogP contribution >= 0.6 is 24.4 Å². The van der Waals surface area contributed by atoms with Gasteiger partial charge in [-0.15, -0.1) is 0 Å². The van der Waals surface area contributed by atoms with Crippen molar-refractivity contribution in [1.29, 1.82) is 0 Å². The van der Waals surface area contributed by atoms with Gasteiger partial charge < -0.3 is 9.47 Å². The van der Waals surface area contributed by atoms with E-state index >= 15 is 0 Å². The molecule has 4 nitrogen and oxygen atoms in total. The number of carbonyl (C=O) groups excluding carboxylic acids is 2. The van der Waals surface area contributed by atoms with E-state index in [2.05, 4.69) is 12.6 Å². The first-order valence-electron chi connectivity index (χ1n) is 9.51. The summed E-state index contributed by atoms with van der Waals surface area (Å²) in [6.07, 6.45) is 6.75. The second-order valence-electron chi connectivity index (χ2n) is 8.61. The number of hydrogen-bond donors (Lipinski definition) is 1. The van der Waals surface area contributed by atoms with Crippen LogP contribution in [0.25, 0.3) is 0 Å². The first kappa shape index (κ1) is 19.4. The van der Waals surface area contributed by atoms with Gasteiger partial charge in [0.2, 0.25) is 0 Å². The van der Waals surface area contributed by atoms with Crippen LogP contribution in [0.2, 0.25) is 0 Å². The Morgan fingerprint density at radius 1 is 0.920 bits per heavy atom. The average molecular weight is 387 g/mol. The number of thiol groups is 1. The predicted octanol–water partition coefficient (Wildman–Crippen LogP) is 3.87. The zero-order valence-corrected chi connectivity index (χ0v) is 17.0. The van der Waals surface area contributed by atoms with Crippen LogP contribution in [0.15, 0.2) is 0 Å². The smallest absolute Gasteiger partial charge is 0.308 e. The van der Waals surface area contributed by atoms with Crippen molar-refractivity contribution < 1.29 is 19.1 Å². The molecule has 1 aliphatic heterocycles. The minimum Gasteiger partial charge on any atom is -0.465 e. The van der Waals surface area contributed by atoms with E-state index in [4.69, 9.17) is 9.47 Å². The minimum absolute atomic E-state index is 0.00739. The molecule has 3 rings (SSSR count). The molecule has 3 atom stereocenters. The van der Waals surface area contributed by atoms with Crippen molar-refractivity contribution in [2.45, 2.75) is 74.5 Å². The third-order valence-corrected chi connectivity index (χ3v) is 7.56. The standard InChI is InChI=1S/C19H30O4S2/c1-19(2,10-22-17(20)12-3-6-14(24)7-4-12)11-23-18(21)13-5-8-15-16(9-13)25-15/h12-16,24H,3-11H2,1-2H3. The maximum absolute atomic E-state index is 12.3. The maximum atomic E-state index is 12.3. The highest BCUT2D eigenvalue weighted by molar-refractivity contribution is 8.07. The SMILES string of the molecule is CC(C)(COC(=O)C1CCC(S)CC1)COC(=O)C1CCC2SC2C1. The Morgan fingerprint density at radius 2 is 1.48 bits per heavy atom. The van der Waals surface area contributed by atoms with E-state index in [0.717, 1.165) is 50.2 Å². The van der Waals surface area contributed by atoms with E-state index in [1.165, 1.54) is 0 Å². The van der Waals surface area contributed by atoms with Crippen LogP contribution in [-0.4, -0.2) is 40.9 Å². The molecule has 2 aliphatic carbocycles. The van der Waals surface area contributed by atoms with Gasteiger partial charge in [-0.25, -0.2) is 0 Å². The maximum Gasteiger partial charge on any atom is 0.308 e. The Morgan fingerprint density at radius 3 is 2.08 bits per heavy atom. The lowest BCUT2D eigenvalue weighted by molar-refractivity contribution is -0.158. The zero-order valence-electron chi connectivity index (χ0n) is 15.2. The Kier molecular flexibility index (Phi) is 6.30. The molecule has 0 radical (unpaired) electrons. The monoisotopic (exact) mass is 386 g/mol. The number of rotatable bonds is 6. The Labute approximate surface area is 160 Å². The molecule has 3 fully saturated rings. The van der Waals surface area contributed by atoms with Gasteiger partial charge in [-0.05, 0) is 44.9 Å². The second-order valence-corrected chi connectivity index (χ2v) is 10.8. The molecule has 25 heavy (non-hydrogen) atoms. The number of carbonyl (C=O) groups is 2. The van der Waals surface area contributed by atoms with Gasteiger partial charge in [0.25, 0.3) is 0 Å². The summed E-state index contributed by atoms with van der Waals surface area (Å²) in [4.78, 5) is 24.5. The zero-order chi connectivity index (χ0) is 18.0. The lowest BCUT2D eigenvalue weighted by Crippen LogP contribution is -2.33. The lowest BCUT2D eigenvalue weighted by Gasteiger charge is -2.28. The third kappa shape index (κ3) is 5.56. The highest BCUT2D eigenvalue weighted by atomic mass is 32.2. The van der Waals surface area contributed by atoms with Crippen LogP contribution < -0.4 is 0 Å². The fourth-order valence-corrected chi connectivity index (χ4v) is 5.26. The molecule has 2 saturated carbocycles. The topological polar surface area (TPSA) is 52.6 Å². The van der Waals surface area contributed by atoms with E-state index in [-0.39, 0.29) is 29.2 Å². The third-order valence-electron chi connectivity index (χ3n) is 5.58. The van der Waals surface area contributed by atoms with Gasteiger partial charge in [0.1, 0.15) is 0 Å². The van der Waals surface area contributed by atoms with E-state index in [0.29, 0.717) is 23.7 Å². The van der Waals surface area contributed by atoms with Gasteiger partial charge in [-0.3, -0.25) is 9.59 Å². The van der Waals surface area contributed by atoms with Crippen LogP contribution in [0.4, 0.5) is 0 Å². The van der Waals surface area contributed by atoms with E-state index in [1.807, 2.05) is 25.6 Å². The average Bonchev–Trinajstić information content (AvgIpc) is 3.37. The number of hydrogen-bond acceptors (Lipinski definition) is 6. The fraction of sp³-hybridized carbons (Fsp3) is 0.895. The minimum atomic E-state index is -0.350. The van der Waals surface area contributed by atoms with Crippen molar-refractivity contribution in [2.75, 3.05) is 13.2 Å². The molecule has 0 spiro atoms. The normalized spacial score (nSPS) is 34.8. The van der Waals surface area contributed by atoms with Crippen molar-refractivity contribution in [1.82, 2.24) is 0 Å². The van der Waals surface area contributed by atoms with Crippen molar-refractivity contribution in [2.24, 2.45) is 17.3 Å². The van der Waals surface area contributed by atoms with Crippen LogP contribution in [0.5, 0.6) is 0 Å². The molecule has 6 heteroatoms. The fourth-order valence-electron chi connectivity index (χ4n) is 3.74. The molecule has 0 N–H and O–H groups in total. The van der Waals surface area contributed by atoms with Gasteiger partial charge in [-0.2, -0.15) is 24.4 Å². The van der Waals surface area contributed by atoms with Crippen molar-refractivity contribution in [3.05, 3.63) is 0 Å². The molecule has 0 bridgehead atoms. The molecular formula is C19H30O4S2. The van der Waals surface area contributed by atoms with Crippen molar-refractivity contribution >= 4 is 36.3 Å². The summed E-state index contributed by atoms with van der Waals surface area (Å²) in [5.74, 6) is -0.111. The van der Waals surface area contributed by atoms with Gasteiger partial charge in [-0.1, -0.05) is 13.8 Å². The molecule has 3 aliphatic rings. The van der Waals surface area contributed by atoms with Crippen LogP contribution in [0, 0.1) is 17.3 Å². The molecule has 0 aromatic heterocycles. The summed E-state index contributed by atoms with van der Waals surface area (Å²) in [5, 5.41) is 1.91.